The van der Waals surface area contributed by atoms with Crippen LogP contribution in [0.15, 0.2) is 42.5 Å². The van der Waals surface area contributed by atoms with Crippen LogP contribution < -0.4 is 4.74 Å². The van der Waals surface area contributed by atoms with Gasteiger partial charge in [-0.1, -0.05) is 89.5 Å². The molecule has 3 aliphatic rings. The molecule has 0 N–H and O–H groups in total. The largest absolute Gasteiger partial charge is 0.491 e. The van der Waals surface area contributed by atoms with Crippen LogP contribution in [0.2, 0.25) is 0 Å². The van der Waals surface area contributed by atoms with Crippen molar-refractivity contribution in [1.82, 2.24) is 0 Å². The normalized spacial score (nSPS) is 25.6. The molecule has 0 radical (unpaired) electrons. The van der Waals surface area contributed by atoms with E-state index in [-0.39, 0.29) is 11.6 Å². The first kappa shape index (κ1) is 34.2. The predicted molar refractivity (Wildman–Crippen MR) is 186 cm³/mol. The van der Waals surface area contributed by atoms with Gasteiger partial charge in [-0.15, -0.1) is 0 Å². The van der Waals surface area contributed by atoms with E-state index in [1.54, 1.807) is 6.07 Å². The van der Waals surface area contributed by atoms with Crippen molar-refractivity contribution in [2.75, 3.05) is 6.61 Å². The molecule has 0 amide bonds. The number of hydrogen-bond donors (Lipinski definition) is 0. The van der Waals surface area contributed by atoms with Gasteiger partial charge in [-0.3, -0.25) is 0 Å². The van der Waals surface area contributed by atoms with Gasteiger partial charge in [0.05, 0.1) is 6.61 Å². The highest BCUT2D eigenvalue weighted by atomic mass is 19.1. The van der Waals surface area contributed by atoms with Crippen LogP contribution >= 0.6 is 0 Å². The lowest BCUT2D eigenvalue weighted by atomic mass is 9.70. The molecule has 0 aromatic heterocycles. The van der Waals surface area contributed by atoms with Crippen molar-refractivity contribution in [2.45, 2.75) is 154 Å². The zero-order valence-electron chi connectivity index (χ0n) is 28.4. The summed E-state index contributed by atoms with van der Waals surface area (Å²) in [7, 11) is 0. The fraction of sp³-hybridized carbons (Fsp3) is 0.667. The summed E-state index contributed by atoms with van der Waals surface area (Å²) in [6.07, 6.45) is 27.0. The van der Waals surface area contributed by atoms with E-state index >= 15 is 4.39 Å². The molecule has 2 fully saturated rings. The molecule has 0 spiro atoms. The number of benzene rings is 2. The molecule has 248 valence electrons. The highest BCUT2D eigenvalue weighted by molar-refractivity contribution is 5.67. The molecule has 2 saturated carbocycles. The Morgan fingerprint density at radius 2 is 1.29 bits per heavy atom. The summed E-state index contributed by atoms with van der Waals surface area (Å²) in [4.78, 5) is 0. The van der Waals surface area contributed by atoms with Gasteiger partial charge in [-0.25, -0.2) is 8.78 Å². The third kappa shape index (κ3) is 9.68. The maximum atomic E-state index is 15.5. The van der Waals surface area contributed by atoms with Gasteiger partial charge in [-0.05, 0) is 142 Å². The number of unbranched alkanes of at least 4 members (excludes halogenated alkanes) is 6. The van der Waals surface area contributed by atoms with Crippen molar-refractivity contribution in [3.05, 3.63) is 70.8 Å². The Morgan fingerprint density at radius 1 is 0.644 bits per heavy atom. The second-order valence-electron chi connectivity index (χ2n) is 14.8. The Bertz CT molecular complexity index is 1200. The van der Waals surface area contributed by atoms with Crippen molar-refractivity contribution in [3.8, 4) is 5.75 Å². The van der Waals surface area contributed by atoms with E-state index in [2.05, 4.69) is 38.1 Å². The monoisotopic (exact) mass is 618 g/mol. The molecule has 0 saturated heterocycles. The molecule has 3 heteroatoms. The lowest BCUT2D eigenvalue weighted by Crippen LogP contribution is -2.22. The summed E-state index contributed by atoms with van der Waals surface area (Å²) < 4.78 is 35.7. The van der Waals surface area contributed by atoms with Gasteiger partial charge in [0, 0.05) is 5.56 Å². The highest BCUT2D eigenvalue weighted by Crippen LogP contribution is 2.45. The molecular weight excluding hydrogens is 558 g/mol. The number of allylic oxidation sites excluding steroid dienone is 2. The lowest BCUT2D eigenvalue weighted by Gasteiger charge is -2.36. The Labute approximate surface area is 273 Å². The summed E-state index contributed by atoms with van der Waals surface area (Å²) >= 11 is 0. The van der Waals surface area contributed by atoms with Gasteiger partial charge < -0.3 is 4.74 Å². The van der Waals surface area contributed by atoms with Crippen molar-refractivity contribution >= 4 is 5.57 Å². The van der Waals surface area contributed by atoms with Crippen LogP contribution in [-0.4, -0.2) is 6.61 Å². The lowest BCUT2D eigenvalue weighted by molar-refractivity contribution is 0.220. The van der Waals surface area contributed by atoms with Gasteiger partial charge in [0.15, 0.2) is 11.6 Å². The Hall–Kier alpha value is -2.16. The molecule has 1 atom stereocenters. The summed E-state index contributed by atoms with van der Waals surface area (Å²) in [6.45, 7) is 4.97. The minimum Gasteiger partial charge on any atom is -0.491 e. The average Bonchev–Trinajstić information content (AvgIpc) is 3.07. The second kappa shape index (κ2) is 17.7. The molecular formula is C42H60F2O. The van der Waals surface area contributed by atoms with Gasteiger partial charge >= 0.3 is 0 Å². The Kier molecular flexibility index (Phi) is 13.4. The fourth-order valence-corrected chi connectivity index (χ4v) is 8.71. The van der Waals surface area contributed by atoms with Crippen LogP contribution in [0.25, 0.3) is 5.57 Å². The van der Waals surface area contributed by atoms with E-state index in [0.29, 0.717) is 30.1 Å². The minimum absolute atomic E-state index is 0.0130. The first-order valence-electron chi connectivity index (χ1n) is 19.0. The SMILES string of the molecule is CCCCCCCCC1CCC(c2ccc(C3=CCC(C4CCC(c5ccc(OCCCC)c(F)c5)CC4)CC3)c(F)c2)CC1. The zero-order valence-corrected chi connectivity index (χ0v) is 28.4. The first-order chi connectivity index (χ1) is 22.1. The van der Waals surface area contributed by atoms with E-state index in [1.807, 2.05) is 12.1 Å². The van der Waals surface area contributed by atoms with Gasteiger partial charge in [0.25, 0.3) is 0 Å². The van der Waals surface area contributed by atoms with E-state index in [4.69, 9.17) is 4.74 Å². The van der Waals surface area contributed by atoms with Crippen LogP contribution in [0.5, 0.6) is 5.75 Å². The van der Waals surface area contributed by atoms with Crippen LogP contribution in [-0.2, 0) is 0 Å². The summed E-state index contributed by atoms with van der Waals surface area (Å²) in [6, 6.07) is 11.8. The van der Waals surface area contributed by atoms with E-state index < -0.39 is 0 Å². The predicted octanol–water partition coefficient (Wildman–Crippen LogP) is 13.3. The molecule has 1 unspecified atom stereocenters. The van der Waals surface area contributed by atoms with Gasteiger partial charge in [0.1, 0.15) is 5.82 Å². The molecule has 1 nitrogen and oxygen atoms in total. The smallest absolute Gasteiger partial charge is 0.165 e. The quantitative estimate of drug-likeness (QED) is 0.180. The molecule has 5 rings (SSSR count). The van der Waals surface area contributed by atoms with Gasteiger partial charge in [0.2, 0.25) is 0 Å². The number of ether oxygens (including phenoxy) is 1. The van der Waals surface area contributed by atoms with Crippen molar-refractivity contribution in [3.63, 3.8) is 0 Å². The second-order valence-corrected chi connectivity index (χ2v) is 14.8. The van der Waals surface area contributed by atoms with Crippen LogP contribution in [0.3, 0.4) is 0 Å². The Balaban J connectivity index is 1.05. The van der Waals surface area contributed by atoms with Crippen molar-refractivity contribution in [1.29, 1.82) is 0 Å². The number of rotatable bonds is 15. The fourth-order valence-electron chi connectivity index (χ4n) is 8.71. The Morgan fingerprint density at radius 3 is 1.93 bits per heavy atom. The maximum Gasteiger partial charge on any atom is 0.165 e. The summed E-state index contributed by atoms with van der Waals surface area (Å²) in [5.41, 5.74) is 4.39. The highest BCUT2D eigenvalue weighted by Gasteiger charge is 2.30. The molecule has 45 heavy (non-hydrogen) atoms. The van der Waals surface area contributed by atoms with Crippen molar-refractivity contribution < 1.29 is 13.5 Å². The molecule has 0 heterocycles. The summed E-state index contributed by atoms with van der Waals surface area (Å²) in [5.74, 6) is 3.43. The third-order valence-electron chi connectivity index (χ3n) is 11.7. The standard InChI is InChI=1S/C42H60F2O/c1-3-5-7-8-9-10-11-31-12-14-34(15-13-31)37-24-26-39(40(43)29-37)36-22-20-33(21-23-36)32-16-18-35(19-17-32)38-25-27-42(41(44)30-38)45-28-6-4-2/h22,24-27,29-35H,3-21,23,28H2,1-2H3. The first-order valence-corrected chi connectivity index (χ1v) is 19.0. The molecule has 0 bridgehead atoms. The topological polar surface area (TPSA) is 9.23 Å². The minimum atomic E-state index is -0.220. The third-order valence-corrected chi connectivity index (χ3v) is 11.7. The van der Waals surface area contributed by atoms with Gasteiger partial charge in [-0.2, -0.15) is 0 Å². The zero-order chi connectivity index (χ0) is 31.4. The van der Waals surface area contributed by atoms with Crippen molar-refractivity contribution in [2.24, 2.45) is 17.8 Å². The number of hydrogen-bond acceptors (Lipinski definition) is 1. The molecule has 2 aromatic carbocycles. The van der Waals surface area contributed by atoms with E-state index in [1.165, 1.54) is 94.6 Å². The molecule has 2 aromatic rings. The van der Waals surface area contributed by atoms with Crippen LogP contribution in [0.4, 0.5) is 8.78 Å². The molecule has 0 aliphatic heterocycles. The summed E-state index contributed by atoms with van der Waals surface area (Å²) in [5, 5.41) is 0. The maximum absolute atomic E-state index is 15.5. The van der Waals surface area contributed by atoms with E-state index in [9.17, 15) is 4.39 Å². The van der Waals surface area contributed by atoms with Crippen LogP contribution in [0, 0.1) is 29.4 Å². The average molecular weight is 619 g/mol. The molecule has 3 aliphatic carbocycles. The van der Waals surface area contributed by atoms with Crippen LogP contribution in [0.1, 0.15) is 171 Å². The number of halogens is 2. The van der Waals surface area contributed by atoms with E-state index in [0.717, 1.165) is 67.9 Å².